The van der Waals surface area contributed by atoms with Gasteiger partial charge in [-0.2, -0.15) is 8.42 Å². The van der Waals surface area contributed by atoms with Gasteiger partial charge in [0.25, 0.3) is 0 Å². The minimum absolute atomic E-state index is 0. The predicted molar refractivity (Wildman–Crippen MR) is 17.8 cm³/mol. The molecular weight excluding hydrogens is 279 g/mol. The average molecular weight is 283 g/mol. The van der Waals surface area contributed by atoms with Crippen LogP contribution in [0, 0.1) is 37.3 Å². The molecule has 4 N–H and O–H groups in total. The molecule has 0 aromatic carbocycles. The smallest absolute Gasteiger partial charge is 0.394 e. The molecule has 5 nitrogen and oxygen atoms in total. The summed E-state index contributed by atoms with van der Waals surface area (Å²) in [6.07, 6.45) is 0. The first kappa shape index (κ1) is 15.7. The first-order valence-electron chi connectivity index (χ1n) is 0.698. The molecule has 7 heteroatoms. The molecule has 0 aliphatic rings. The van der Waals surface area contributed by atoms with Crippen LogP contribution in [0.25, 0.3) is 0 Å². The van der Waals surface area contributed by atoms with Crippen LogP contribution in [0.15, 0.2) is 0 Å². The van der Waals surface area contributed by atoms with Crippen LogP contribution in [-0.4, -0.2) is 23.0 Å². The van der Waals surface area contributed by atoms with Gasteiger partial charge in [-0.15, -0.1) is 0 Å². The molecule has 0 saturated heterocycles. The third kappa shape index (κ3) is 157. The molecule has 0 aliphatic carbocycles. The van der Waals surface area contributed by atoms with Gasteiger partial charge < -0.3 is 5.48 Å². The Morgan fingerprint density at radius 1 is 1.14 bits per heavy atom. The number of hydrogen-bond donors (Lipinski definition) is 2. The van der Waals surface area contributed by atoms with Crippen LogP contribution in [0.5, 0.6) is 0 Å². The van der Waals surface area contributed by atoms with Crippen molar-refractivity contribution in [1.29, 1.82) is 0 Å². The summed E-state index contributed by atoms with van der Waals surface area (Å²) in [6, 6.07) is 0. The van der Waals surface area contributed by atoms with Crippen LogP contribution in [0.4, 0.5) is 0 Å². The summed E-state index contributed by atoms with van der Waals surface area (Å²) in [5, 5.41) is 0. The van der Waals surface area contributed by atoms with Gasteiger partial charge in [0.1, 0.15) is 0 Å². The van der Waals surface area contributed by atoms with Gasteiger partial charge in [0.05, 0.1) is 0 Å². The molecule has 0 rings (SSSR count). The molecule has 0 spiro atoms. The minimum Gasteiger partial charge on any atom is -0.412 e. The van der Waals surface area contributed by atoms with Crippen LogP contribution in [0.2, 0.25) is 0 Å². The number of hydrogen-bond acceptors (Lipinski definition) is 2. The molecule has 0 saturated carbocycles. The van der Waals surface area contributed by atoms with Gasteiger partial charge in [-0.25, -0.2) is 0 Å². The maximum atomic E-state index is 8.74. The van der Waals surface area contributed by atoms with Gasteiger partial charge in [-0.05, 0) is 0 Å². The monoisotopic (exact) mass is 282 g/mol. The van der Waals surface area contributed by atoms with Crippen LogP contribution < -0.4 is 0 Å². The third-order valence-electron chi connectivity index (χ3n) is 0. The van der Waals surface area contributed by atoms with Crippen molar-refractivity contribution in [2.75, 3.05) is 0 Å². The fourth-order valence-electron chi connectivity index (χ4n) is 0. The zero-order valence-corrected chi connectivity index (χ0v) is 5.58. The molecule has 7 heavy (non-hydrogen) atoms. The second-order valence-corrected chi connectivity index (χ2v) is 1.34. The second-order valence-electron chi connectivity index (χ2n) is 0.448. The summed E-state index contributed by atoms with van der Waals surface area (Å²) in [7, 11) is -4.67. The Morgan fingerprint density at radius 2 is 1.14 bits per heavy atom. The van der Waals surface area contributed by atoms with E-state index in [1.165, 1.54) is 0 Å². The first-order valence-corrected chi connectivity index (χ1v) is 2.10. The maximum absolute atomic E-state index is 8.74. The van der Waals surface area contributed by atoms with Crippen LogP contribution >= 0.6 is 0 Å². The van der Waals surface area contributed by atoms with Gasteiger partial charge in [0, 0.05) is 37.3 Å². The van der Waals surface area contributed by atoms with Gasteiger partial charge in [-0.1, -0.05) is 0 Å². The summed E-state index contributed by atoms with van der Waals surface area (Å²) in [6.45, 7) is 0. The summed E-state index contributed by atoms with van der Waals surface area (Å²) in [4.78, 5) is 0. The second kappa shape index (κ2) is 5.22. The quantitative estimate of drug-likeness (QED) is 0.529. The molecule has 0 fully saturated rings. The maximum Gasteiger partial charge on any atom is 0.394 e. The largest absolute Gasteiger partial charge is 0.412 e. The molecule has 0 heterocycles. The molecule has 0 aromatic heterocycles. The Hall–Kier alpha value is 1.08. The molecule has 0 bridgehead atoms. The van der Waals surface area contributed by atoms with Crippen molar-refractivity contribution in [1.82, 2.24) is 0 Å². The molecular formula is H4ErO5S. The van der Waals surface area contributed by atoms with E-state index in [0.29, 0.717) is 0 Å². The average Bonchev–Trinajstić information content (AvgIpc) is 0.722. The van der Waals surface area contributed by atoms with E-state index in [4.69, 9.17) is 17.5 Å². The van der Waals surface area contributed by atoms with E-state index in [0.717, 1.165) is 0 Å². The van der Waals surface area contributed by atoms with Crippen molar-refractivity contribution >= 4 is 10.4 Å². The van der Waals surface area contributed by atoms with Crippen molar-refractivity contribution in [3.63, 3.8) is 0 Å². The number of rotatable bonds is 0. The molecule has 0 atom stereocenters. The standard InChI is InChI=1S/Er.H2O4S.H2O/c;1-5(2,3)4;/h;(H2,1,2,3,4);1H2. The SMILES string of the molecule is O.O=S(=O)(O)O.[Er]. The van der Waals surface area contributed by atoms with E-state index in [1.807, 2.05) is 0 Å². The summed E-state index contributed by atoms with van der Waals surface area (Å²) < 4.78 is 31.6. The predicted octanol–water partition coefficient (Wildman–Crippen LogP) is -1.48. The van der Waals surface area contributed by atoms with E-state index in [1.54, 1.807) is 0 Å². The Labute approximate surface area is 70.2 Å². The van der Waals surface area contributed by atoms with Gasteiger partial charge in [0.15, 0.2) is 0 Å². The molecule has 0 aromatic rings. The van der Waals surface area contributed by atoms with Crippen LogP contribution in [-0.2, 0) is 10.4 Å². The van der Waals surface area contributed by atoms with E-state index in [9.17, 15) is 0 Å². The zero-order valence-electron chi connectivity index (χ0n) is 2.91. The Morgan fingerprint density at radius 3 is 1.14 bits per heavy atom. The van der Waals surface area contributed by atoms with E-state index in [2.05, 4.69) is 0 Å². The normalized spacial score (nSPS) is 8.29. The van der Waals surface area contributed by atoms with Crippen LogP contribution in [0.1, 0.15) is 0 Å². The topological polar surface area (TPSA) is 106 Å². The summed E-state index contributed by atoms with van der Waals surface area (Å²) in [5.41, 5.74) is 0. The molecule has 0 aliphatic heterocycles. The van der Waals surface area contributed by atoms with E-state index in [-0.39, 0.29) is 42.8 Å². The van der Waals surface area contributed by atoms with E-state index >= 15 is 0 Å². The van der Waals surface area contributed by atoms with Gasteiger partial charge in [0.2, 0.25) is 0 Å². The molecule has 0 radical (unpaired) electrons. The minimum atomic E-state index is -4.67. The zero-order chi connectivity index (χ0) is 4.50. The third-order valence-corrected chi connectivity index (χ3v) is 0. The van der Waals surface area contributed by atoms with Crippen molar-refractivity contribution < 1.29 is 60.3 Å². The van der Waals surface area contributed by atoms with E-state index < -0.39 is 10.4 Å². The van der Waals surface area contributed by atoms with Crippen LogP contribution in [0.3, 0.4) is 0 Å². The molecule has 0 amide bonds. The molecule has 0 unspecified atom stereocenters. The van der Waals surface area contributed by atoms with Gasteiger partial charge in [-0.3, -0.25) is 9.11 Å². The summed E-state index contributed by atoms with van der Waals surface area (Å²) in [5.74, 6) is 0. The fraction of sp³-hybridized carbons (Fsp3) is 0. The summed E-state index contributed by atoms with van der Waals surface area (Å²) >= 11 is 0. The Bertz CT molecular complexity index is 91.2. The van der Waals surface area contributed by atoms with Gasteiger partial charge >= 0.3 is 10.4 Å². The fourth-order valence-corrected chi connectivity index (χ4v) is 0. The van der Waals surface area contributed by atoms with Crippen molar-refractivity contribution in [3.8, 4) is 0 Å². The first-order chi connectivity index (χ1) is 2.00. The molecule has 52 valence electrons. The Kier molecular flexibility index (Phi) is 11.7. The van der Waals surface area contributed by atoms with Crippen molar-refractivity contribution in [3.05, 3.63) is 0 Å². The van der Waals surface area contributed by atoms with Crippen molar-refractivity contribution in [2.45, 2.75) is 0 Å². The Balaban J connectivity index is -0.0000000800. The van der Waals surface area contributed by atoms with Crippen molar-refractivity contribution in [2.24, 2.45) is 0 Å².